The first-order valence-corrected chi connectivity index (χ1v) is 8.77. The number of benzene rings is 2. The van der Waals surface area contributed by atoms with Crippen molar-refractivity contribution in [2.24, 2.45) is 0 Å². The van der Waals surface area contributed by atoms with Crippen molar-refractivity contribution < 1.29 is 14.3 Å². The second-order valence-electron chi connectivity index (χ2n) is 7.53. The SMILES string of the molecule is CC(C)(C)c1ccc(NC(=O)COc2ccc3c(c2)CCC(=O)N3)cc1. The van der Waals surface area contributed by atoms with Crippen molar-refractivity contribution >= 4 is 23.2 Å². The van der Waals surface area contributed by atoms with Crippen LogP contribution in [0.1, 0.15) is 38.3 Å². The molecule has 5 nitrogen and oxygen atoms in total. The fraction of sp³-hybridized carbons (Fsp3) is 0.333. The second-order valence-corrected chi connectivity index (χ2v) is 7.53. The second kappa shape index (κ2) is 7.20. The summed E-state index contributed by atoms with van der Waals surface area (Å²) in [7, 11) is 0. The average Bonchev–Trinajstić information content (AvgIpc) is 2.59. The first kappa shape index (κ1) is 18.0. The molecule has 0 bridgehead atoms. The molecule has 2 amide bonds. The maximum Gasteiger partial charge on any atom is 0.262 e. The lowest BCUT2D eigenvalue weighted by Gasteiger charge is -2.19. The van der Waals surface area contributed by atoms with Gasteiger partial charge in [-0.1, -0.05) is 32.9 Å². The van der Waals surface area contributed by atoms with Crippen LogP contribution in [-0.2, 0) is 21.4 Å². The summed E-state index contributed by atoms with van der Waals surface area (Å²) in [6, 6.07) is 13.3. The van der Waals surface area contributed by atoms with Gasteiger partial charge in [-0.25, -0.2) is 0 Å². The van der Waals surface area contributed by atoms with Gasteiger partial charge in [-0.2, -0.15) is 0 Å². The minimum Gasteiger partial charge on any atom is -0.484 e. The largest absolute Gasteiger partial charge is 0.484 e. The molecule has 26 heavy (non-hydrogen) atoms. The van der Waals surface area contributed by atoms with Crippen molar-refractivity contribution in [2.45, 2.75) is 39.0 Å². The molecule has 0 aromatic heterocycles. The Morgan fingerprint density at radius 2 is 1.85 bits per heavy atom. The van der Waals surface area contributed by atoms with Crippen molar-refractivity contribution in [1.82, 2.24) is 0 Å². The Morgan fingerprint density at radius 3 is 2.54 bits per heavy atom. The van der Waals surface area contributed by atoms with E-state index >= 15 is 0 Å². The highest BCUT2D eigenvalue weighted by Crippen LogP contribution is 2.27. The van der Waals surface area contributed by atoms with Gasteiger partial charge in [-0.05, 0) is 53.3 Å². The summed E-state index contributed by atoms with van der Waals surface area (Å²) < 4.78 is 5.59. The van der Waals surface area contributed by atoms with Crippen LogP contribution < -0.4 is 15.4 Å². The molecule has 0 saturated heterocycles. The number of anilines is 2. The van der Waals surface area contributed by atoms with Gasteiger partial charge in [-0.3, -0.25) is 9.59 Å². The lowest BCUT2D eigenvalue weighted by Crippen LogP contribution is -2.21. The minimum atomic E-state index is -0.209. The van der Waals surface area contributed by atoms with Gasteiger partial charge in [0.1, 0.15) is 5.75 Å². The van der Waals surface area contributed by atoms with Crippen molar-refractivity contribution in [3.05, 3.63) is 53.6 Å². The van der Waals surface area contributed by atoms with E-state index in [-0.39, 0.29) is 23.8 Å². The van der Waals surface area contributed by atoms with Crippen LogP contribution in [-0.4, -0.2) is 18.4 Å². The average molecular weight is 352 g/mol. The predicted molar refractivity (Wildman–Crippen MR) is 103 cm³/mol. The van der Waals surface area contributed by atoms with E-state index in [0.717, 1.165) is 16.9 Å². The van der Waals surface area contributed by atoms with Gasteiger partial charge in [-0.15, -0.1) is 0 Å². The first-order valence-electron chi connectivity index (χ1n) is 8.77. The Bertz CT molecular complexity index is 820. The molecule has 0 aliphatic carbocycles. The molecule has 1 heterocycles. The summed E-state index contributed by atoms with van der Waals surface area (Å²) >= 11 is 0. The number of aryl methyl sites for hydroxylation is 1. The van der Waals surface area contributed by atoms with E-state index < -0.39 is 0 Å². The van der Waals surface area contributed by atoms with Crippen LogP contribution in [0.3, 0.4) is 0 Å². The van der Waals surface area contributed by atoms with E-state index in [4.69, 9.17) is 4.74 Å². The monoisotopic (exact) mass is 352 g/mol. The fourth-order valence-electron chi connectivity index (χ4n) is 2.85. The topological polar surface area (TPSA) is 67.4 Å². The van der Waals surface area contributed by atoms with Gasteiger partial charge < -0.3 is 15.4 Å². The van der Waals surface area contributed by atoms with Crippen LogP contribution in [0.5, 0.6) is 5.75 Å². The summed E-state index contributed by atoms with van der Waals surface area (Å²) in [5.41, 5.74) is 3.89. The highest BCUT2D eigenvalue weighted by Gasteiger charge is 2.16. The number of carbonyl (C=O) groups excluding carboxylic acids is 2. The predicted octanol–water partition coefficient (Wildman–Crippen LogP) is 3.89. The van der Waals surface area contributed by atoms with Crippen LogP contribution in [0.25, 0.3) is 0 Å². The molecule has 5 heteroatoms. The molecular formula is C21H24N2O3. The zero-order valence-electron chi connectivity index (χ0n) is 15.4. The fourth-order valence-corrected chi connectivity index (χ4v) is 2.85. The third-order valence-corrected chi connectivity index (χ3v) is 4.38. The van der Waals surface area contributed by atoms with Crippen LogP contribution >= 0.6 is 0 Å². The third kappa shape index (κ3) is 4.42. The Morgan fingerprint density at radius 1 is 1.12 bits per heavy atom. The highest BCUT2D eigenvalue weighted by atomic mass is 16.5. The lowest BCUT2D eigenvalue weighted by atomic mass is 9.87. The molecule has 1 aliphatic rings. The molecule has 0 radical (unpaired) electrons. The van der Waals surface area contributed by atoms with Crippen molar-refractivity contribution in [2.75, 3.05) is 17.2 Å². The Labute approximate surface area is 153 Å². The van der Waals surface area contributed by atoms with Gasteiger partial charge in [0.15, 0.2) is 6.61 Å². The zero-order chi connectivity index (χ0) is 18.7. The number of fused-ring (bicyclic) bond motifs is 1. The molecule has 3 rings (SSSR count). The Balaban J connectivity index is 1.55. The van der Waals surface area contributed by atoms with E-state index in [1.165, 1.54) is 5.56 Å². The van der Waals surface area contributed by atoms with Crippen molar-refractivity contribution in [3.63, 3.8) is 0 Å². The van der Waals surface area contributed by atoms with Gasteiger partial charge in [0.05, 0.1) is 0 Å². The molecular weight excluding hydrogens is 328 g/mol. The maximum absolute atomic E-state index is 12.1. The summed E-state index contributed by atoms with van der Waals surface area (Å²) in [6.07, 6.45) is 1.16. The van der Waals surface area contributed by atoms with Crippen LogP contribution in [0.2, 0.25) is 0 Å². The Kier molecular flexibility index (Phi) is 4.98. The molecule has 136 valence electrons. The van der Waals surface area contributed by atoms with E-state index in [9.17, 15) is 9.59 Å². The zero-order valence-corrected chi connectivity index (χ0v) is 15.4. The maximum atomic E-state index is 12.1. The van der Waals surface area contributed by atoms with E-state index in [2.05, 4.69) is 31.4 Å². The number of ether oxygens (including phenoxy) is 1. The summed E-state index contributed by atoms with van der Waals surface area (Å²) in [4.78, 5) is 23.5. The molecule has 2 N–H and O–H groups in total. The van der Waals surface area contributed by atoms with Gasteiger partial charge >= 0.3 is 0 Å². The summed E-state index contributed by atoms with van der Waals surface area (Å²) in [6.45, 7) is 6.39. The molecule has 2 aromatic carbocycles. The number of carbonyl (C=O) groups is 2. The third-order valence-electron chi connectivity index (χ3n) is 4.38. The number of nitrogens with one attached hydrogen (secondary N) is 2. The van der Waals surface area contributed by atoms with Gasteiger partial charge in [0.25, 0.3) is 5.91 Å². The Hall–Kier alpha value is -2.82. The molecule has 0 atom stereocenters. The molecule has 2 aromatic rings. The van der Waals surface area contributed by atoms with Crippen LogP contribution in [0.15, 0.2) is 42.5 Å². The molecule has 1 aliphatic heterocycles. The quantitative estimate of drug-likeness (QED) is 0.877. The number of amides is 2. The smallest absolute Gasteiger partial charge is 0.262 e. The minimum absolute atomic E-state index is 0.0306. The molecule has 0 spiro atoms. The summed E-state index contributed by atoms with van der Waals surface area (Å²) in [5.74, 6) is 0.445. The highest BCUT2D eigenvalue weighted by molar-refractivity contribution is 5.94. The molecule has 0 fully saturated rings. The molecule has 0 unspecified atom stereocenters. The van der Waals surface area contributed by atoms with Gasteiger partial charge in [0.2, 0.25) is 5.91 Å². The van der Waals surface area contributed by atoms with Crippen LogP contribution in [0, 0.1) is 0 Å². The number of rotatable bonds is 4. The number of hydrogen-bond donors (Lipinski definition) is 2. The van der Waals surface area contributed by atoms with E-state index in [0.29, 0.717) is 18.6 Å². The van der Waals surface area contributed by atoms with Crippen LogP contribution in [0.4, 0.5) is 11.4 Å². The lowest BCUT2D eigenvalue weighted by molar-refractivity contribution is -0.118. The van der Waals surface area contributed by atoms with Gasteiger partial charge in [0, 0.05) is 17.8 Å². The van der Waals surface area contributed by atoms with Crippen molar-refractivity contribution in [1.29, 1.82) is 0 Å². The summed E-state index contributed by atoms with van der Waals surface area (Å²) in [5, 5.41) is 5.66. The molecule has 0 saturated carbocycles. The standard InChI is InChI=1S/C21H24N2O3/c1-21(2,3)15-5-7-16(8-6-15)22-20(25)13-26-17-9-10-18-14(12-17)4-11-19(24)23-18/h5-10,12H,4,11,13H2,1-3H3,(H,22,25)(H,23,24). The van der Waals surface area contributed by atoms with E-state index in [1.807, 2.05) is 36.4 Å². The normalized spacial score (nSPS) is 13.6. The van der Waals surface area contributed by atoms with Crippen molar-refractivity contribution in [3.8, 4) is 5.75 Å². The number of hydrogen-bond acceptors (Lipinski definition) is 3. The first-order chi connectivity index (χ1) is 12.3. The van der Waals surface area contributed by atoms with E-state index in [1.54, 1.807) is 6.07 Å².